The number of hydrogen-bond donors (Lipinski definition) is 1. The minimum atomic E-state index is 0.113. The van der Waals surface area contributed by atoms with Gasteiger partial charge in [0.25, 0.3) is 0 Å². The summed E-state index contributed by atoms with van der Waals surface area (Å²) in [6.45, 7) is 5.95. The molecule has 1 N–H and O–H groups in total. The molecule has 0 fully saturated rings. The zero-order valence-electron chi connectivity index (χ0n) is 7.73. The largest absolute Gasteiger partial charge is 0.392 e. The van der Waals surface area contributed by atoms with Crippen molar-refractivity contribution < 1.29 is 5.11 Å². The van der Waals surface area contributed by atoms with Crippen LogP contribution in [0, 0.1) is 0 Å². The minimum Gasteiger partial charge on any atom is -0.392 e. The van der Waals surface area contributed by atoms with Crippen molar-refractivity contribution in [3.05, 3.63) is 42.5 Å². The highest BCUT2D eigenvalue weighted by molar-refractivity contribution is 8.00. The van der Waals surface area contributed by atoms with Crippen LogP contribution in [0.2, 0.25) is 0 Å². The maximum absolute atomic E-state index is 8.83. The molecule has 1 aromatic rings. The Balaban J connectivity index is 2.63. The summed E-state index contributed by atoms with van der Waals surface area (Å²) in [7, 11) is 0. The molecule has 0 spiro atoms. The topological polar surface area (TPSA) is 20.2 Å². The average Bonchev–Trinajstić information content (AvgIpc) is 2.19. The van der Waals surface area contributed by atoms with Crippen LogP contribution in [-0.4, -0.2) is 10.4 Å². The average molecular weight is 194 g/mol. The van der Waals surface area contributed by atoms with Gasteiger partial charge in [0, 0.05) is 10.1 Å². The molecule has 0 radical (unpaired) electrons. The van der Waals surface area contributed by atoms with Gasteiger partial charge in [0.05, 0.1) is 6.61 Å². The SMILES string of the molecule is C=CC(C)Sc1ccc(CO)cc1. The van der Waals surface area contributed by atoms with Crippen molar-refractivity contribution in [1.29, 1.82) is 0 Å². The first-order valence-corrected chi connectivity index (χ1v) is 5.13. The Bertz CT molecular complexity index is 266. The van der Waals surface area contributed by atoms with Crippen LogP contribution in [0.15, 0.2) is 41.8 Å². The van der Waals surface area contributed by atoms with Gasteiger partial charge in [-0.1, -0.05) is 18.2 Å². The lowest BCUT2D eigenvalue weighted by Gasteiger charge is -2.05. The van der Waals surface area contributed by atoms with E-state index in [-0.39, 0.29) is 6.61 Å². The van der Waals surface area contributed by atoms with E-state index in [2.05, 4.69) is 13.5 Å². The molecule has 2 heteroatoms. The normalized spacial score (nSPS) is 12.5. The molecule has 13 heavy (non-hydrogen) atoms. The Morgan fingerprint density at radius 1 is 1.46 bits per heavy atom. The van der Waals surface area contributed by atoms with Gasteiger partial charge >= 0.3 is 0 Å². The van der Waals surface area contributed by atoms with Crippen molar-refractivity contribution in [3.63, 3.8) is 0 Å². The Kier molecular flexibility index (Phi) is 4.06. The van der Waals surface area contributed by atoms with E-state index in [1.54, 1.807) is 11.8 Å². The lowest BCUT2D eigenvalue weighted by molar-refractivity contribution is 0.282. The van der Waals surface area contributed by atoms with Crippen molar-refractivity contribution in [2.75, 3.05) is 0 Å². The molecular formula is C11H14OS. The highest BCUT2D eigenvalue weighted by Crippen LogP contribution is 2.23. The molecule has 1 rings (SSSR count). The second-order valence-electron chi connectivity index (χ2n) is 2.86. The van der Waals surface area contributed by atoms with E-state index in [9.17, 15) is 0 Å². The van der Waals surface area contributed by atoms with Gasteiger partial charge in [0.2, 0.25) is 0 Å². The predicted molar refractivity (Wildman–Crippen MR) is 57.9 cm³/mol. The van der Waals surface area contributed by atoms with E-state index in [1.165, 1.54) is 4.90 Å². The van der Waals surface area contributed by atoms with E-state index in [0.717, 1.165) is 5.56 Å². The summed E-state index contributed by atoms with van der Waals surface area (Å²) < 4.78 is 0. The first-order chi connectivity index (χ1) is 6.26. The predicted octanol–water partition coefficient (Wildman–Crippen LogP) is 2.85. The maximum Gasteiger partial charge on any atom is 0.0681 e. The lowest BCUT2D eigenvalue weighted by atomic mass is 10.2. The van der Waals surface area contributed by atoms with E-state index in [4.69, 9.17) is 5.11 Å². The summed E-state index contributed by atoms with van der Waals surface area (Å²) in [5.41, 5.74) is 0.954. The van der Waals surface area contributed by atoms with Crippen LogP contribution < -0.4 is 0 Å². The number of rotatable bonds is 4. The first-order valence-electron chi connectivity index (χ1n) is 4.25. The highest BCUT2D eigenvalue weighted by Gasteiger charge is 1.99. The van der Waals surface area contributed by atoms with Crippen LogP contribution in [0.5, 0.6) is 0 Å². The molecule has 0 aliphatic rings. The molecule has 1 atom stereocenters. The minimum absolute atomic E-state index is 0.113. The molecular weight excluding hydrogens is 180 g/mol. The fourth-order valence-corrected chi connectivity index (χ4v) is 1.75. The summed E-state index contributed by atoms with van der Waals surface area (Å²) in [6, 6.07) is 7.93. The van der Waals surface area contributed by atoms with Gasteiger partial charge in [-0.15, -0.1) is 18.3 Å². The molecule has 1 nitrogen and oxygen atoms in total. The standard InChI is InChI=1S/C11H14OS/c1-3-9(2)13-11-6-4-10(8-12)5-7-11/h3-7,9,12H,1,8H2,2H3. The van der Waals surface area contributed by atoms with Gasteiger partial charge in [-0.05, 0) is 24.6 Å². The van der Waals surface area contributed by atoms with Crippen LogP contribution in [0.4, 0.5) is 0 Å². The van der Waals surface area contributed by atoms with Gasteiger partial charge in [0.1, 0.15) is 0 Å². The summed E-state index contributed by atoms with van der Waals surface area (Å²) >= 11 is 1.76. The fourth-order valence-electron chi connectivity index (χ4n) is 0.936. The number of hydrogen-bond acceptors (Lipinski definition) is 2. The van der Waals surface area contributed by atoms with Gasteiger partial charge in [-0.25, -0.2) is 0 Å². The fraction of sp³-hybridized carbons (Fsp3) is 0.273. The molecule has 0 amide bonds. The van der Waals surface area contributed by atoms with E-state index >= 15 is 0 Å². The molecule has 0 saturated heterocycles. The molecule has 0 aromatic heterocycles. The second-order valence-corrected chi connectivity index (χ2v) is 4.31. The lowest BCUT2D eigenvalue weighted by Crippen LogP contribution is -1.88. The zero-order chi connectivity index (χ0) is 9.68. The molecule has 0 bridgehead atoms. The highest BCUT2D eigenvalue weighted by atomic mass is 32.2. The summed E-state index contributed by atoms with van der Waals surface area (Å²) in [4.78, 5) is 1.21. The van der Waals surface area contributed by atoms with Crippen LogP contribution in [0.25, 0.3) is 0 Å². The van der Waals surface area contributed by atoms with Crippen LogP contribution >= 0.6 is 11.8 Å². The third-order valence-corrected chi connectivity index (χ3v) is 2.87. The summed E-state index contributed by atoms with van der Waals surface area (Å²) in [6.07, 6.45) is 1.92. The summed E-state index contributed by atoms with van der Waals surface area (Å²) in [5, 5.41) is 9.26. The Hall–Kier alpha value is -0.730. The Labute approximate surface area is 83.5 Å². The van der Waals surface area contributed by atoms with E-state index < -0.39 is 0 Å². The Morgan fingerprint density at radius 3 is 2.54 bits per heavy atom. The van der Waals surface area contributed by atoms with Gasteiger partial charge in [-0.2, -0.15) is 0 Å². The van der Waals surface area contributed by atoms with Gasteiger partial charge < -0.3 is 5.11 Å². The Morgan fingerprint density at radius 2 is 2.08 bits per heavy atom. The number of thioether (sulfide) groups is 1. The molecule has 0 aliphatic heterocycles. The molecule has 1 aromatic carbocycles. The number of benzene rings is 1. The van der Waals surface area contributed by atoms with Crippen molar-refractivity contribution in [3.8, 4) is 0 Å². The molecule has 0 aliphatic carbocycles. The van der Waals surface area contributed by atoms with Crippen molar-refractivity contribution in [2.45, 2.75) is 23.7 Å². The molecule has 70 valence electrons. The van der Waals surface area contributed by atoms with Crippen molar-refractivity contribution in [1.82, 2.24) is 0 Å². The quantitative estimate of drug-likeness (QED) is 0.587. The summed E-state index contributed by atoms with van der Waals surface area (Å²) in [5.74, 6) is 0. The third kappa shape index (κ3) is 3.25. The van der Waals surface area contributed by atoms with Crippen molar-refractivity contribution in [2.24, 2.45) is 0 Å². The second kappa shape index (κ2) is 5.10. The smallest absolute Gasteiger partial charge is 0.0681 e. The van der Waals surface area contributed by atoms with Crippen molar-refractivity contribution >= 4 is 11.8 Å². The zero-order valence-corrected chi connectivity index (χ0v) is 8.55. The maximum atomic E-state index is 8.83. The monoisotopic (exact) mass is 194 g/mol. The van der Waals surface area contributed by atoms with Crippen LogP contribution in [0.3, 0.4) is 0 Å². The van der Waals surface area contributed by atoms with E-state index in [1.807, 2.05) is 30.3 Å². The first kappa shape index (κ1) is 10.4. The van der Waals surface area contributed by atoms with Crippen LogP contribution in [0.1, 0.15) is 12.5 Å². The van der Waals surface area contributed by atoms with E-state index in [0.29, 0.717) is 5.25 Å². The van der Waals surface area contributed by atoms with Gasteiger partial charge in [0.15, 0.2) is 0 Å². The third-order valence-electron chi connectivity index (χ3n) is 1.76. The molecule has 0 heterocycles. The van der Waals surface area contributed by atoms with Gasteiger partial charge in [-0.3, -0.25) is 0 Å². The number of aliphatic hydroxyl groups is 1. The molecule has 0 saturated carbocycles. The molecule has 1 unspecified atom stereocenters. The van der Waals surface area contributed by atoms with Crippen LogP contribution in [-0.2, 0) is 6.61 Å². The number of aliphatic hydroxyl groups excluding tert-OH is 1.